The number of furan rings is 1. The number of phenolic OH excluding ortho intramolecular Hbond substituents is 1. The zero-order valence-electron chi connectivity index (χ0n) is 9.79. The van der Waals surface area contributed by atoms with Crippen LogP contribution in [0.5, 0.6) is 11.7 Å². The zero-order chi connectivity index (χ0) is 13.4. The van der Waals surface area contributed by atoms with Crippen molar-refractivity contribution in [1.82, 2.24) is 4.98 Å². The Hall–Kier alpha value is -2.82. The molecule has 5 nitrogen and oxygen atoms in total. The highest BCUT2D eigenvalue weighted by atomic mass is 16.5. The van der Waals surface area contributed by atoms with Gasteiger partial charge in [0.05, 0.1) is 11.3 Å². The molecule has 19 heavy (non-hydrogen) atoms. The van der Waals surface area contributed by atoms with Crippen LogP contribution in [0.25, 0.3) is 11.0 Å². The zero-order valence-corrected chi connectivity index (χ0v) is 9.79. The average molecular weight is 254 g/mol. The number of aromatic nitrogens is 1. The monoisotopic (exact) mass is 254 g/mol. The fourth-order valence-corrected chi connectivity index (χ4v) is 1.97. The van der Waals surface area contributed by atoms with E-state index in [1.54, 1.807) is 24.4 Å². The van der Waals surface area contributed by atoms with Gasteiger partial charge < -0.3 is 14.6 Å². The number of benzene rings is 1. The molecule has 0 aliphatic carbocycles. The van der Waals surface area contributed by atoms with E-state index < -0.39 is 0 Å². The number of fused-ring (bicyclic) bond motifs is 1. The largest absolute Gasteiger partial charge is 0.508 e. The quantitative estimate of drug-likeness (QED) is 0.613. The van der Waals surface area contributed by atoms with Crippen LogP contribution in [0.15, 0.2) is 47.1 Å². The molecule has 3 rings (SSSR count). The molecule has 0 aliphatic rings. The summed E-state index contributed by atoms with van der Waals surface area (Å²) in [4.78, 5) is 3.94. The fourth-order valence-electron chi connectivity index (χ4n) is 1.97. The predicted octanol–water partition coefficient (Wildman–Crippen LogP) is 2.66. The van der Waals surface area contributed by atoms with E-state index >= 15 is 0 Å². The number of aromatic hydroxyl groups is 2. The highest BCUT2D eigenvalue weighted by Crippen LogP contribution is 2.34. The summed E-state index contributed by atoms with van der Waals surface area (Å²) in [6.07, 6.45) is 3.14. The molecule has 0 spiro atoms. The lowest BCUT2D eigenvalue weighted by molar-refractivity contribution is 0.345. The smallest absolute Gasteiger partial charge is 0.292 e. The van der Waals surface area contributed by atoms with Gasteiger partial charge >= 0.3 is 0 Å². The minimum Gasteiger partial charge on any atom is -0.508 e. The molecule has 0 fully saturated rings. The molecule has 0 saturated heterocycles. The fraction of sp³-hybridized carbons (Fsp3) is 0. The number of pyridine rings is 1. The van der Waals surface area contributed by atoms with Gasteiger partial charge in [0.25, 0.3) is 5.95 Å². The second kappa shape index (κ2) is 4.13. The van der Waals surface area contributed by atoms with Gasteiger partial charge in [-0.3, -0.25) is 10.4 Å². The number of phenols is 1. The number of rotatable bonds is 2. The van der Waals surface area contributed by atoms with Crippen molar-refractivity contribution < 1.29 is 14.6 Å². The van der Waals surface area contributed by atoms with E-state index in [9.17, 15) is 10.2 Å². The van der Waals surface area contributed by atoms with Crippen LogP contribution in [0.1, 0.15) is 11.1 Å². The van der Waals surface area contributed by atoms with Crippen LogP contribution in [0, 0.1) is 5.41 Å². The summed E-state index contributed by atoms with van der Waals surface area (Å²) in [7, 11) is 0. The summed E-state index contributed by atoms with van der Waals surface area (Å²) in [5.74, 6) is -0.289. The van der Waals surface area contributed by atoms with E-state index in [0.717, 1.165) is 0 Å². The van der Waals surface area contributed by atoms with Gasteiger partial charge in [0, 0.05) is 23.3 Å². The van der Waals surface area contributed by atoms with Gasteiger partial charge in [0.2, 0.25) is 0 Å². The molecule has 0 unspecified atom stereocenters. The summed E-state index contributed by atoms with van der Waals surface area (Å²) in [6, 6.07) is 7.89. The molecule has 0 amide bonds. The molecule has 0 saturated carbocycles. The Bertz CT molecular complexity index is 763. The van der Waals surface area contributed by atoms with Crippen molar-refractivity contribution in [2.24, 2.45) is 0 Å². The maximum atomic E-state index is 9.85. The topological polar surface area (TPSA) is 90.3 Å². The second-order valence-corrected chi connectivity index (χ2v) is 4.08. The maximum absolute atomic E-state index is 9.85. The molecule has 0 bridgehead atoms. The van der Waals surface area contributed by atoms with Crippen molar-refractivity contribution in [2.45, 2.75) is 0 Å². The molecule has 94 valence electrons. The van der Waals surface area contributed by atoms with Crippen LogP contribution >= 0.6 is 0 Å². The Morgan fingerprint density at radius 1 is 1.21 bits per heavy atom. The molecule has 3 N–H and O–H groups in total. The molecular formula is C14H10N2O3. The third-order valence-electron chi connectivity index (χ3n) is 2.85. The minimum absolute atomic E-state index is 0.0496. The Morgan fingerprint density at radius 2 is 2.05 bits per heavy atom. The molecule has 0 radical (unpaired) electrons. The summed E-state index contributed by atoms with van der Waals surface area (Å²) >= 11 is 0. The second-order valence-electron chi connectivity index (χ2n) is 4.08. The predicted molar refractivity (Wildman–Crippen MR) is 69.7 cm³/mol. The number of nitrogens with one attached hydrogen (secondary N) is 1. The van der Waals surface area contributed by atoms with Crippen LogP contribution in [-0.2, 0) is 0 Å². The van der Waals surface area contributed by atoms with Crippen LogP contribution < -0.4 is 0 Å². The first-order valence-electron chi connectivity index (χ1n) is 5.60. The van der Waals surface area contributed by atoms with Crippen molar-refractivity contribution >= 4 is 16.7 Å². The molecule has 1 aromatic carbocycles. The lowest BCUT2D eigenvalue weighted by Gasteiger charge is -2.02. The Balaban J connectivity index is 2.22. The van der Waals surface area contributed by atoms with E-state index in [-0.39, 0.29) is 23.0 Å². The van der Waals surface area contributed by atoms with Gasteiger partial charge in [-0.25, -0.2) is 0 Å². The maximum Gasteiger partial charge on any atom is 0.292 e. The summed E-state index contributed by atoms with van der Waals surface area (Å²) < 4.78 is 5.18. The molecule has 2 heterocycles. The molecule has 0 atom stereocenters. The highest BCUT2D eigenvalue weighted by molar-refractivity contribution is 6.19. The molecular weight excluding hydrogens is 244 g/mol. The Kier molecular flexibility index (Phi) is 2.45. The Morgan fingerprint density at radius 3 is 2.79 bits per heavy atom. The van der Waals surface area contributed by atoms with Gasteiger partial charge in [-0.05, 0) is 30.3 Å². The van der Waals surface area contributed by atoms with E-state index in [2.05, 4.69) is 4.98 Å². The normalized spacial score (nSPS) is 10.7. The summed E-state index contributed by atoms with van der Waals surface area (Å²) in [5.41, 5.74) is 1.32. The minimum atomic E-state index is -0.338. The van der Waals surface area contributed by atoms with Crippen LogP contribution in [0.4, 0.5) is 0 Å². The molecule has 2 aromatic heterocycles. The van der Waals surface area contributed by atoms with Crippen molar-refractivity contribution in [3.8, 4) is 11.7 Å². The molecule has 5 heteroatoms. The molecule has 3 aromatic rings. The van der Waals surface area contributed by atoms with Crippen molar-refractivity contribution in [2.75, 3.05) is 0 Å². The van der Waals surface area contributed by atoms with Crippen LogP contribution in [0.3, 0.4) is 0 Å². The third kappa shape index (κ3) is 1.81. The van der Waals surface area contributed by atoms with Gasteiger partial charge in [0.1, 0.15) is 11.3 Å². The standard InChI is InChI=1S/C14H10N2O3/c15-13(8-2-1-5-16-7-8)12-10-6-9(17)3-4-11(10)19-14(12)18/h1-7,15,17-18H. The van der Waals surface area contributed by atoms with Gasteiger partial charge in [0.15, 0.2) is 0 Å². The first-order valence-corrected chi connectivity index (χ1v) is 5.60. The number of hydrogen-bond acceptors (Lipinski definition) is 5. The lowest BCUT2D eigenvalue weighted by atomic mass is 10.0. The lowest BCUT2D eigenvalue weighted by Crippen LogP contribution is -2.01. The third-order valence-corrected chi connectivity index (χ3v) is 2.85. The summed E-state index contributed by atoms with van der Waals surface area (Å²) in [5, 5.41) is 28.0. The van der Waals surface area contributed by atoms with E-state index in [4.69, 9.17) is 9.83 Å². The Labute approximate surface area is 108 Å². The first kappa shape index (κ1) is 11.3. The van der Waals surface area contributed by atoms with E-state index in [1.807, 2.05) is 0 Å². The van der Waals surface area contributed by atoms with Crippen LogP contribution in [-0.4, -0.2) is 20.9 Å². The molecule has 0 aliphatic heterocycles. The van der Waals surface area contributed by atoms with Crippen molar-refractivity contribution in [3.63, 3.8) is 0 Å². The first-order chi connectivity index (χ1) is 9.16. The average Bonchev–Trinajstić information content (AvgIpc) is 2.74. The van der Waals surface area contributed by atoms with E-state index in [1.165, 1.54) is 18.3 Å². The van der Waals surface area contributed by atoms with E-state index in [0.29, 0.717) is 16.5 Å². The number of hydrogen-bond donors (Lipinski definition) is 3. The van der Waals surface area contributed by atoms with Crippen LogP contribution in [0.2, 0.25) is 0 Å². The van der Waals surface area contributed by atoms with Crippen molar-refractivity contribution in [3.05, 3.63) is 53.9 Å². The SMILES string of the molecule is N=C(c1cccnc1)c1c(O)oc2ccc(O)cc12. The summed E-state index contributed by atoms with van der Waals surface area (Å²) in [6.45, 7) is 0. The van der Waals surface area contributed by atoms with Gasteiger partial charge in [-0.15, -0.1) is 0 Å². The van der Waals surface area contributed by atoms with Gasteiger partial charge in [-0.2, -0.15) is 0 Å². The van der Waals surface area contributed by atoms with Gasteiger partial charge in [-0.1, -0.05) is 0 Å². The highest BCUT2D eigenvalue weighted by Gasteiger charge is 2.19. The number of nitrogens with zero attached hydrogens (tertiary/aromatic N) is 1. The van der Waals surface area contributed by atoms with Crippen molar-refractivity contribution in [1.29, 1.82) is 5.41 Å².